The van der Waals surface area contributed by atoms with E-state index < -0.39 is 53.7 Å². The average molecular weight is 677 g/mol. The highest BCUT2D eigenvalue weighted by molar-refractivity contribution is 5.85. The minimum absolute atomic E-state index is 0.0259. The fraction of sp³-hybridized carbons (Fsp3) is 0.833. The molecule has 12 nitrogen and oxygen atoms in total. The van der Waals surface area contributed by atoms with Crippen molar-refractivity contribution in [3.63, 3.8) is 0 Å². The molecule has 12 heteroatoms. The number of fused-ring (bicyclic) bond motifs is 5. The molecule has 0 aromatic carbocycles. The minimum Gasteiger partial charge on any atom is -0.462 e. The minimum atomic E-state index is -0.968. The van der Waals surface area contributed by atoms with Crippen LogP contribution in [0.5, 0.6) is 0 Å². The predicted octanol–water partition coefficient (Wildman–Crippen LogP) is 3.79. The molecule has 1 saturated heterocycles. The molecule has 0 spiro atoms. The molecule has 4 saturated carbocycles. The van der Waals surface area contributed by atoms with Gasteiger partial charge >= 0.3 is 23.9 Å². The highest BCUT2D eigenvalue weighted by Gasteiger charge is 2.71. The first kappa shape index (κ1) is 35.3. The van der Waals surface area contributed by atoms with Crippen LogP contribution in [0, 0.1) is 34.5 Å². The number of ether oxygens (including phenoxy) is 7. The zero-order valence-electron chi connectivity index (χ0n) is 29.2. The van der Waals surface area contributed by atoms with Gasteiger partial charge in [-0.2, -0.15) is 0 Å². The van der Waals surface area contributed by atoms with E-state index in [1.54, 1.807) is 13.0 Å². The largest absolute Gasteiger partial charge is 0.462 e. The van der Waals surface area contributed by atoms with Crippen molar-refractivity contribution in [2.24, 2.45) is 34.5 Å². The molecule has 4 aliphatic carbocycles. The van der Waals surface area contributed by atoms with Crippen LogP contribution in [0.3, 0.4) is 0 Å². The third-order valence-electron chi connectivity index (χ3n) is 13.1. The van der Waals surface area contributed by atoms with Crippen LogP contribution >= 0.6 is 0 Å². The Kier molecular flexibility index (Phi) is 9.54. The number of cyclic esters (lactones) is 1. The third-order valence-corrected chi connectivity index (χ3v) is 13.1. The van der Waals surface area contributed by atoms with Gasteiger partial charge in [0.15, 0.2) is 18.5 Å². The molecular formula is C36H52O12. The van der Waals surface area contributed by atoms with E-state index in [1.165, 1.54) is 27.9 Å². The SMILES string of the molecule is CO[C@@H]1[C@@H](OC(C)=O)[C@H](C)O[C@H](O[C@@H]2CC[C@]3(C)[C@H](CC[C@@H]4[C@@H]3[C@H](OC(C)=O)C[C@]3(C)[C@H](C5=CC(=O)OC5)CC[C@@]43O)C2)[C@@H]1OC(C)=O. The van der Waals surface area contributed by atoms with Gasteiger partial charge in [-0.3, -0.25) is 14.4 Å². The molecule has 0 amide bonds. The highest BCUT2D eigenvalue weighted by atomic mass is 16.7. The summed E-state index contributed by atoms with van der Waals surface area (Å²) < 4.78 is 41.1. The highest BCUT2D eigenvalue weighted by Crippen LogP contribution is 2.70. The number of esters is 4. The van der Waals surface area contributed by atoms with Crippen LogP contribution in [0.1, 0.15) is 92.9 Å². The standard InChI is InChI=1S/C36H52O12/c1-18-30(46-20(3)38)31(42-7)32(47-21(4)39)33(44-18)48-24-10-12-34(5)23(15-24)8-9-26-29(34)27(45-19(2)37)16-35(6)25(11-13-36(26,35)41)22-14-28(40)43-17-22/h14,18,23-27,29-33,41H,8-13,15-17H2,1-7H3/t18-,23+,24+,25-,26+,27+,29+,30-,31+,32+,33+,34+,35+,36+/m0/s1. The Bertz CT molecular complexity index is 1330. The molecule has 6 rings (SSSR count). The summed E-state index contributed by atoms with van der Waals surface area (Å²) in [6, 6.07) is 0. The van der Waals surface area contributed by atoms with Crippen molar-refractivity contribution in [1.82, 2.24) is 0 Å². The first-order valence-corrected chi connectivity index (χ1v) is 17.6. The molecule has 2 aliphatic heterocycles. The van der Waals surface area contributed by atoms with Gasteiger partial charge in [-0.05, 0) is 87.0 Å². The van der Waals surface area contributed by atoms with Crippen LogP contribution in [-0.2, 0) is 52.3 Å². The van der Waals surface area contributed by atoms with Crippen molar-refractivity contribution in [1.29, 1.82) is 0 Å². The van der Waals surface area contributed by atoms with Crippen molar-refractivity contribution in [3.8, 4) is 0 Å². The van der Waals surface area contributed by atoms with Crippen LogP contribution in [0.15, 0.2) is 11.6 Å². The maximum absolute atomic E-state index is 12.7. The summed E-state index contributed by atoms with van der Waals surface area (Å²) in [5.41, 5.74) is -0.837. The zero-order chi connectivity index (χ0) is 34.8. The number of hydrogen-bond acceptors (Lipinski definition) is 12. The molecule has 268 valence electrons. The Hall–Kier alpha value is -2.54. The predicted molar refractivity (Wildman–Crippen MR) is 168 cm³/mol. The van der Waals surface area contributed by atoms with Gasteiger partial charge in [0.2, 0.25) is 0 Å². The van der Waals surface area contributed by atoms with Gasteiger partial charge in [-0.15, -0.1) is 0 Å². The lowest BCUT2D eigenvalue weighted by Crippen LogP contribution is -2.67. The lowest BCUT2D eigenvalue weighted by atomic mass is 9.42. The van der Waals surface area contributed by atoms with E-state index >= 15 is 0 Å². The Labute approximate surface area is 282 Å². The van der Waals surface area contributed by atoms with Gasteiger partial charge in [0.25, 0.3) is 0 Å². The van der Waals surface area contributed by atoms with Gasteiger partial charge in [0, 0.05) is 45.3 Å². The van der Waals surface area contributed by atoms with Gasteiger partial charge in [-0.1, -0.05) is 13.8 Å². The van der Waals surface area contributed by atoms with E-state index in [0.717, 1.165) is 37.7 Å². The van der Waals surface area contributed by atoms with Gasteiger partial charge in [0.05, 0.1) is 17.8 Å². The second-order valence-corrected chi connectivity index (χ2v) is 15.6. The van der Waals surface area contributed by atoms with Crippen LogP contribution < -0.4 is 0 Å². The van der Waals surface area contributed by atoms with Crippen molar-refractivity contribution < 1.29 is 57.4 Å². The van der Waals surface area contributed by atoms with Crippen LogP contribution in [-0.4, -0.2) is 91.2 Å². The van der Waals surface area contributed by atoms with Crippen LogP contribution in [0.25, 0.3) is 0 Å². The van der Waals surface area contributed by atoms with Crippen molar-refractivity contribution in [2.75, 3.05) is 13.7 Å². The summed E-state index contributed by atoms with van der Waals surface area (Å²) >= 11 is 0. The van der Waals surface area contributed by atoms with Gasteiger partial charge in [0.1, 0.15) is 18.8 Å². The molecule has 0 aromatic rings. The van der Waals surface area contributed by atoms with E-state index in [0.29, 0.717) is 19.3 Å². The van der Waals surface area contributed by atoms with Gasteiger partial charge < -0.3 is 38.3 Å². The summed E-state index contributed by atoms with van der Waals surface area (Å²) in [6.45, 7) is 10.5. The van der Waals surface area contributed by atoms with E-state index in [2.05, 4.69) is 13.8 Å². The topological polar surface area (TPSA) is 153 Å². The molecule has 6 aliphatic rings. The number of carbonyl (C=O) groups excluding carboxylic acids is 4. The van der Waals surface area contributed by atoms with Crippen molar-refractivity contribution >= 4 is 23.9 Å². The molecule has 1 N–H and O–H groups in total. The molecule has 14 atom stereocenters. The Morgan fingerprint density at radius 1 is 0.917 bits per heavy atom. The Morgan fingerprint density at radius 3 is 2.23 bits per heavy atom. The normalized spacial score (nSPS) is 46.7. The fourth-order valence-corrected chi connectivity index (χ4v) is 11.1. The second-order valence-electron chi connectivity index (χ2n) is 15.6. The van der Waals surface area contributed by atoms with E-state index in [9.17, 15) is 24.3 Å². The Morgan fingerprint density at radius 2 is 1.60 bits per heavy atom. The fourth-order valence-electron chi connectivity index (χ4n) is 11.1. The third kappa shape index (κ3) is 5.88. The van der Waals surface area contributed by atoms with Gasteiger partial charge in [-0.25, -0.2) is 4.79 Å². The van der Waals surface area contributed by atoms with E-state index in [4.69, 9.17) is 33.2 Å². The number of methoxy groups -OCH3 is 1. The summed E-state index contributed by atoms with van der Waals surface area (Å²) in [7, 11) is 1.48. The molecule has 0 unspecified atom stereocenters. The summed E-state index contributed by atoms with van der Waals surface area (Å²) in [5, 5.41) is 12.7. The maximum atomic E-state index is 12.7. The van der Waals surface area contributed by atoms with Crippen LogP contribution in [0.2, 0.25) is 0 Å². The number of carbonyl (C=O) groups is 4. The van der Waals surface area contributed by atoms with Crippen molar-refractivity contribution in [3.05, 3.63) is 11.6 Å². The lowest BCUT2D eigenvalue weighted by Gasteiger charge is -2.65. The molecular weight excluding hydrogens is 624 g/mol. The zero-order valence-corrected chi connectivity index (χ0v) is 29.2. The van der Waals surface area contributed by atoms with E-state index in [1.807, 2.05) is 0 Å². The second kappa shape index (κ2) is 13.0. The molecule has 5 fully saturated rings. The molecule has 48 heavy (non-hydrogen) atoms. The average Bonchev–Trinajstić information content (AvgIpc) is 3.54. The lowest BCUT2D eigenvalue weighted by molar-refractivity contribution is -0.318. The number of aliphatic hydroxyl groups is 1. The number of rotatable bonds is 7. The molecule has 0 bridgehead atoms. The summed E-state index contributed by atoms with van der Waals surface area (Å²) in [5.74, 6) is -1.60. The summed E-state index contributed by atoms with van der Waals surface area (Å²) in [6.07, 6.45) is 2.78. The summed E-state index contributed by atoms with van der Waals surface area (Å²) in [4.78, 5) is 48.6. The van der Waals surface area contributed by atoms with E-state index in [-0.39, 0.29) is 59.8 Å². The smallest absolute Gasteiger partial charge is 0.331 e. The Balaban J connectivity index is 1.23. The molecule has 0 aromatic heterocycles. The first-order chi connectivity index (χ1) is 22.6. The van der Waals surface area contributed by atoms with Crippen LogP contribution in [0.4, 0.5) is 0 Å². The number of hydrogen-bond donors (Lipinski definition) is 1. The molecule has 2 heterocycles. The maximum Gasteiger partial charge on any atom is 0.331 e. The first-order valence-electron chi connectivity index (χ1n) is 17.6. The monoisotopic (exact) mass is 676 g/mol. The quantitative estimate of drug-likeness (QED) is 0.237. The van der Waals surface area contributed by atoms with Crippen molar-refractivity contribution in [2.45, 2.75) is 141 Å². The molecule has 0 radical (unpaired) electrons.